The second-order valence-corrected chi connectivity index (χ2v) is 6.91. The van der Waals surface area contributed by atoms with E-state index in [0.717, 1.165) is 5.56 Å². The lowest BCUT2D eigenvalue weighted by Gasteiger charge is -2.24. The van der Waals surface area contributed by atoms with E-state index in [4.69, 9.17) is 15.2 Å². The summed E-state index contributed by atoms with van der Waals surface area (Å²) in [7, 11) is 3.16. The maximum Gasteiger partial charge on any atom is 0.243 e. The van der Waals surface area contributed by atoms with Crippen molar-refractivity contribution in [2.45, 2.75) is 51.2 Å². The average molecular weight is 363 g/mol. The Morgan fingerprint density at radius 2 is 1.96 bits per heavy atom. The van der Waals surface area contributed by atoms with Crippen molar-refractivity contribution in [3.05, 3.63) is 23.8 Å². The van der Waals surface area contributed by atoms with E-state index in [1.54, 1.807) is 19.1 Å². The Morgan fingerprint density at radius 3 is 2.58 bits per heavy atom. The number of amides is 2. The third kappa shape index (κ3) is 4.88. The van der Waals surface area contributed by atoms with Crippen LogP contribution < -0.4 is 20.5 Å². The second-order valence-electron chi connectivity index (χ2n) is 6.91. The van der Waals surface area contributed by atoms with Crippen LogP contribution in [0, 0.1) is 0 Å². The summed E-state index contributed by atoms with van der Waals surface area (Å²) in [5, 5.41) is 2.87. The molecule has 1 saturated heterocycles. The molecule has 2 amide bonds. The maximum atomic E-state index is 12.7. The number of carbonyl (C=O) groups excluding carboxylic acids is 2. The van der Waals surface area contributed by atoms with Crippen molar-refractivity contribution >= 4 is 11.8 Å². The summed E-state index contributed by atoms with van der Waals surface area (Å²) in [6.45, 7) is 4.22. The van der Waals surface area contributed by atoms with Crippen molar-refractivity contribution in [1.82, 2.24) is 10.2 Å². The van der Waals surface area contributed by atoms with Crippen molar-refractivity contribution in [3.63, 3.8) is 0 Å². The quantitative estimate of drug-likeness (QED) is 0.756. The first kappa shape index (κ1) is 20.0. The molecule has 1 aromatic carbocycles. The van der Waals surface area contributed by atoms with Crippen molar-refractivity contribution in [2.75, 3.05) is 20.8 Å². The predicted octanol–water partition coefficient (Wildman–Crippen LogP) is 1.09. The lowest BCUT2D eigenvalue weighted by atomic mass is 10.1. The molecule has 2 rings (SSSR count). The third-order valence-electron chi connectivity index (χ3n) is 4.46. The molecule has 0 bridgehead atoms. The highest BCUT2D eigenvalue weighted by molar-refractivity contribution is 5.88. The number of rotatable bonds is 7. The first-order valence-corrected chi connectivity index (χ1v) is 8.92. The van der Waals surface area contributed by atoms with E-state index >= 15 is 0 Å². The van der Waals surface area contributed by atoms with E-state index in [1.165, 1.54) is 0 Å². The standard InChI is InChI=1S/C19H29N3O4/c1-12(2)21-19(24)15-10-14(20)11-22(15)18(23)8-6-13-5-7-16(25-3)17(9-13)26-4/h5,7,9,12,14-15H,6,8,10-11,20H2,1-4H3,(H,21,24)/t14-,15-/m0/s1. The van der Waals surface area contributed by atoms with E-state index in [1.807, 2.05) is 32.0 Å². The first-order chi connectivity index (χ1) is 12.3. The molecule has 144 valence electrons. The summed E-state index contributed by atoms with van der Waals surface area (Å²) in [4.78, 5) is 26.6. The molecule has 1 fully saturated rings. The van der Waals surface area contributed by atoms with Crippen LogP contribution in [0.25, 0.3) is 0 Å². The van der Waals surface area contributed by atoms with Gasteiger partial charge in [0.25, 0.3) is 0 Å². The zero-order valence-corrected chi connectivity index (χ0v) is 16.0. The van der Waals surface area contributed by atoms with E-state index < -0.39 is 6.04 Å². The Balaban J connectivity index is 2.00. The van der Waals surface area contributed by atoms with Crippen LogP contribution in [0.1, 0.15) is 32.3 Å². The van der Waals surface area contributed by atoms with Gasteiger partial charge in [-0.05, 0) is 44.4 Å². The van der Waals surface area contributed by atoms with Crippen LogP contribution in [-0.2, 0) is 16.0 Å². The number of aryl methyl sites for hydroxylation is 1. The molecule has 0 unspecified atom stereocenters. The number of ether oxygens (including phenoxy) is 2. The van der Waals surface area contributed by atoms with Gasteiger partial charge in [0, 0.05) is 25.0 Å². The molecule has 7 nitrogen and oxygen atoms in total. The first-order valence-electron chi connectivity index (χ1n) is 8.92. The molecule has 7 heteroatoms. The molecule has 2 atom stereocenters. The number of likely N-dealkylation sites (tertiary alicyclic amines) is 1. The summed E-state index contributed by atoms with van der Waals surface area (Å²) in [6.07, 6.45) is 1.37. The largest absolute Gasteiger partial charge is 0.493 e. The molecule has 3 N–H and O–H groups in total. The van der Waals surface area contributed by atoms with Crippen molar-refractivity contribution in [1.29, 1.82) is 0 Å². The van der Waals surface area contributed by atoms with Crippen molar-refractivity contribution in [3.8, 4) is 11.5 Å². The fourth-order valence-electron chi connectivity index (χ4n) is 3.20. The molecular formula is C19H29N3O4. The number of hydrogen-bond donors (Lipinski definition) is 2. The number of methoxy groups -OCH3 is 2. The number of nitrogens with zero attached hydrogens (tertiary/aromatic N) is 1. The molecular weight excluding hydrogens is 334 g/mol. The SMILES string of the molecule is COc1ccc(CCC(=O)N2C[C@@H](N)C[C@H]2C(=O)NC(C)C)cc1OC. The normalized spacial score (nSPS) is 19.5. The minimum Gasteiger partial charge on any atom is -0.493 e. The highest BCUT2D eigenvalue weighted by atomic mass is 16.5. The summed E-state index contributed by atoms with van der Waals surface area (Å²) in [5.74, 6) is 1.09. The van der Waals surface area contributed by atoms with Gasteiger partial charge >= 0.3 is 0 Å². The number of carbonyl (C=O) groups is 2. The van der Waals surface area contributed by atoms with Gasteiger partial charge < -0.3 is 25.4 Å². The number of hydrogen-bond acceptors (Lipinski definition) is 5. The fourth-order valence-corrected chi connectivity index (χ4v) is 3.20. The van der Waals surface area contributed by atoms with E-state index in [9.17, 15) is 9.59 Å². The van der Waals surface area contributed by atoms with Gasteiger partial charge in [0.2, 0.25) is 11.8 Å². The third-order valence-corrected chi connectivity index (χ3v) is 4.46. The van der Waals surface area contributed by atoms with Gasteiger partial charge in [-0.25, -0.2) is 0 Å². The van der Waals surface area contributed by atoms with Crippen LogP contribution in [-0.4, -0.2) is 55.6 Å². The van der Waals surface area contributed by atoms with Crippen molar-refractivity contribution < 1.29 is 19.1 Å². The molecule has 0 radical (unpaired) electrons. The van der Waals surface area contributed by atoms with Gasteiger partial charge in [0.1, 0.15) is 6.04 Å². The molecule has 0 saturated carbocycles. The molecule has 26 heavy (non-hydrogen) atoms. The lowest BCUT2D eigenvalue weighted by molar-refractivity contribution is -0.138. The van der Waals surface area contributed by atoms with Gasteiger partial charge in [0.05, 0.1) is 14.2 Å². The summed E-state index contributed by atoms with van der Waals surface area (Å²) in [5.41, 5.74) is 6.97. The maximum absolute atomic E-state index is 12.7. The topological polar surface area (TPSA) is 93.9 Å². The zero-order chi connectivity index (χ0) is 19.3. The van der Waals surface area contributed by atoms with E-state index in [-0.39, 0.29) is 23.9 Å². The van der Waals surface area contributed by atoms with Crippen LogP contribution in [0.5, 0.6) is 11.5 Å². The van der Waals surface area contributed by atoms with Crippen LogP contribution >= 0.6 is 0 Å². The van der Waals surface area contributed by atoms with Gasteiger partial charge in [0.15, 0.2) is 11.5 Å². The monoisotopic (exact) mass is 363 g/mol. The van der Waals surface area contributed by atoms with Crippen LogP contribution in [0.4, 0.5) is 0 Å². The van der Waals surface area contributed by atoms with Gasteiger partial charge in [-0.1, -0.05) is 6.07 Å². The minimum atomic E-state index is -0.481. The number of nitrogens with one attached hydrogen (secondary N) is 1. The molecule has 1 aliphatic rings. The predicted molar refractivity (Wildman–Crippen MR) is 99.2 cm³/mol. The van der Waals surface area contributed by atoms with Gasteiger partial charge in [-0.2, -0.15) is 0 Å². The minimum absolute atomic E-state index is 0.0306. The van der Waals surface area contributed by atoms with Crippen LogP contribution in [0.15, 0.2) is 18.2 Å². The lowest BCUT2D eigenvalue weighted by Crippen LogP contribution is -2.47. The number of nitrogens with two attached hydrogens (primary N) is 1. The summed E-state index contributed by atoms with van der Waals surface area (Å²) in [6, 6.07) is 4.98. The summed E-state index contributed by atoms with van der Waals surface area (Å²) < 4.78 is 10.5. The highest BCUT2D eigenvalue weighted by Crippen LogP contribution is 2.28. The van der Waals surface area contributed by atoms with E-state index in [0.29, 0.717) is 37.3 Å². The molecule has 1 aromatic rings. The Hall–Kier alpha value is -2.28. The number of benzene rings is 1. The van der Waals surface area contributed by atoms with E-state index in [2.05, 4.69) is 5.32 Å². The summed E-state index contributed by atoms with van der Waals surface area (Å²) >= 11 is 0. The Morgan fingerprint density at radius 1 is 1.27 bits per heavy atom. The second kappa shape index (κ2) is 8.89. The smallest absolute Gasteiger partial charge is 0.243 e. The molecule has 1 heterocycles. The molecule has 1 aliphatic heterocycles. The molecule has 0 spiro atoms. The Kier molecular flexibility index (Phi) is 6.85. The zero-order valence-electron chi connectivity index (χ0n) is 16.0. The van der Waals surface area contributed by atoms with Crippen molar-refractivity contribution in [2.24, 2.45) is 5.73 Å². The van der Waals surface area contributed by atoms with Crippen LogP contribution in [0.2, 0.25) is 0 Å². The highest BCUT2D eigenvalue weighted by Gasteiger charge is 2.37. The Labute approximate surface area is 154 Å². The van der Waals surface area contributed by atoms with Gasteiger partial charge in [-0.3, -0.25) is 9.59 Å². The molecule has 0 aliphatic carbocycles. The Bertz CT molecular complexity index is 648. The van der Waals surface area contributed by atoms with Gasteiger partial charge in [-0.15, -0.1) is 0 Å². The fraction of sp³-hybridized carbons (Fsp3) is 0.579. The van der Waals surface area contributed by atoms with Crippen LogP contribution in [0.3, 0.4) is 0 Å². The average Bonchev–Trinajstić information content (AvgIpc) is 3.00. The molecule has 0 aromatic heterocycles.